The number of thiocarbonyl (C=S) groups is 1. The molecule has 1 aromatic heterocycles. The van der Waals surface area contributed by atoms with Gasteiger partial charge in [-0.15, -0.1) is 0 Å². The van der Waals surface area contributed by atoms with Crippen molar-refractivity contribution >= 4 is 57.2 Å². The Kier molecular flexibility index (Phi) is 6.53. The Morgan fingerprint density at radius 1 is 1.13 bits per heavy atom. The molecule has 5 nitrogen and oxygen atoms in total. The van der Waals surface area contributed by atoms with Gasteiger partial charge in [-0.25, -0.2) is 0 Å². The van der Waals surface area contributed by atoms with Crippen LogP contribution in [0.2, 0.25) is 0 Å². The van der Waals surface area contributed by atoms with Gasteiger partial charge in [0.05, 0.1) is 12.0 Å². The highest BCUT2D eigenvalue weighted by atomic mass is 32.2. The maximum Gasteiger partial charge on any atom is 0.305 e. The molecule has 1 saturated heterocycles. The summed E-state index contributed by atoms with van der Waals surface area (Å²) in [6, 6.07) is 18.5. The smallest absolute Gasteiger partial charge is 0.305 e. The second-order valence-corrected chi connectivity index (χ2v) is 8.90. The summed E-state index contributed by atoms with van der Waals surface area (Å²) < 4.78 is 7.38. The fraction of sp³-hybridized carbons (Fsp3) is 0.208. The molecule has 0 aliphatic carbocycles. The van der Waals surface area contributed by atoms with Gasteiger partial charge in [-0.3, -0.25) is 14.5 Å². The number of carbonyl (C=O) groups is 2. The molecule has 0 radical (unpaired) electrons. The Morgan fingerprint density at radius 2 is 1.87 bits per heavy atom. The number of hydrogen-bond donors (Lipinski definition) is 0. The lowest BCUT2D eigenvalue weighted by Gasteiger charge is -2.13. The Morgan fingerprint density at radius 3 is 2.65 bits per heavy atom. The summed E-state index contributed by atoms with van der Waals surface area (Å²) in [5.74, 6) is -0.396. The number of hydrogen-bond acceptors (Lipinski definition) is 5. The zero-order chi connectivity index (χ0) is 21.8. The number of esters is 1. The summed E-state index contributed by atoms with van der Waals surface area (Å²) in [5.41, 5.74) is 3.32. The lowest BCUT2D eigenvalue weighted by Crippen LogP contribution is -2.29. The van der Waals surface area contributed by atoms with E-state index in [1.54, 1.807) is 4.90 Å². The van der Waals surface area contributed by atoms with Crippen LogP contribution in [0.25, 0.3) is 17.0 Å². The molecule has 0 unspecified atom stereocenters. The van der Waals surface area contributed by atoms with Crippen LogP contribution in [0.4, 0.5) is 0 Å². The predicted molar refractivity (Wildman–Crippen MR) is 129 cm³/mol. The van der Waals surface area contributed by atoms with Crippen LogP contribution in [0, 0.1) is 0 Å². The standard InChI is InChI=1S/C24H22N2O3S2/c1-29-22(27)12-7-13-26-23(28)21(31-24(26)30)14-18-16-25(15-17-8-3-2-4-9-17)20-11-6-5-10-19(18)20/h2-6,8-11,14,16H,7,12-13,15H2,1H3/b21-14-. The Bertz CT molecular complexity index is 1170. The molecule has 0 bridgehead atoms. The number of thioether (sulfide) groups is 1. The molecule has 3 aromatic rings. The number of para-hydroxylation sites is 1. The molecule has 0 saturated carbocycles. The SMILES string of the molecule is COC(=O)CCCN1C(=O)/C(=C/c2cn(Cc3ccccc3)c3ccccc23)SC1=S. The summed E-state index contributed by atoms with van der Waals surface area (Å²) in [6.07, 6.45) is 4.78. The summed E-state index contributed by atoms with van der Waals surface area (Å²) in [4.78, 5) is 26.4. The molecule has 0 atom stereocenters. The van der Waals surface area contributed by atoms with E-state index in [1.807, 2.05) is 36.4 Å². The average molecular weight is 451 g/mol. The molecule has 2 aromatic carbocycles. The highest BCUT2D eigenvalue weighted by molar-refractivity contribution is 8.26. The lowest BCUT2D eigenvalue weighted by atomic mass is 10.1. The van der Waals surface area contributed by atoms with Crippen LogP contribution < -0.4 is 0 Å². The van der Waals surface area contributed by atoms with Crippen molar-refractivity contribution in [2.24, 2.45) is 0 Å². The van der Waals surface area contributed by atoms with Gasteiger partial charge in [-0.1, -0.05) is 72.5 Å². The molecule has 1 aliphatic rings. The van der Waals surface area contributed by atoms with Crippen molar-refractivity contribution in [2.45, 2.75) is 19.4 Å². The van der Waals surface area contributed by atoms with Crippen LogP contribution in [0.5, 0.6) is 0 Å². The normalized spacial score (nSPS) is 15.3. The van der Waals surface area contributed by atoms with Gasteiger partial charge in [0.15, 0.2) is 0 Å². The van der Waals surface area contributed by atoms with Crippen LogP contribution in [0.1, 0.15) is 24.0 Å². The van der Waals surface area contributed by atoms with Gasteiger partial charge in [-0.05, 0) is 24.1 Å². The zero-order valence-corrected chi connectivity index (χ0v) is 18.7. The summed E-state index contributed by atoms with van der Waals surface area (Å²) in [6.45, 7) is 1.16. The first-order chi connectivity index (χ1) is 15.1. The minimum Gasteiger partial charge on any atom is -0.469 e. The predicted octanol–water partition coefficient (Wildman–Crippen LogP) is 4.84. The van der Waals surface area contributed by atoms with Crippen molar-refractivity contribution in [1.82, 2.24) is 9.47 Å². The molecule has 158 valence electrons. The summed E-state index contributed by atoms with van der Waals surface area (Å²) >= 11 is 6.72. The number of benzene rings is 2. The van der Waals surface area contributed by atoms with Gasteiger partial charge in [0.1, 0.15) is 4.32 Å². The Balaban J connectivity index is 1.58. The van der Waals surface area contributed by atoms with E-state index in [0.29, 0.717) is 22.2 Å². The fourth-order valence-electron chi connectivity index (χ4n) is 3.62. The first kappa shape index (κ1) is 21.3. The maximum atomic E-state index is 12.9. The first-order valence-corrected chi connectivity index (χ1v) is 11.2. The largest absolute Gasteiger partial charge is 0.469 e. The van der Waals surface area contributed by atoms with Gasteiger partial charge in [-0.2, -0.15) is 0 Å². The van der Waals surface area contributed by atoms with Crippen LogP contribution in [-0.4, -0.2) is 39.3 Å². The monoisotopic (exact) mass is 450 g/mol. The molecule has 7 heteroatoms. The molecule has 4 rings (SSSR count). The number of methoxy groups -OCH3 is 1. The van der Waals surface area contributed by atoms with E-state index in [1.165, 1.54) is 24.4 Å². The molecule has 1 fully saturated rings. The van der Waals surface area contributed by atoms with Gasteiger partial charge in [0, 0.05) is 42.2 Å². The maximum absolute atomic E-state index is 12.9. The quantitative estimate of drug-likeness (QED) is 0.293. The highest BCUT2D eigenvalue weighted by Crippen LogP contribution is 2.34. The zero-order valence-electron chi connectivity index (χ0n) is 17.1. The molecule has 1 amide bonds. The molecular weight excluding hydrogens is 428 g/mol. The van der Waals surface area contributed by atoms with Crippen molar-refractivity contribution in [3.63, 3.8) is 0 Å². The van der Waals surface area contributed by atoms with E-state index in [2.05, 4.69) is 39.8 Å². The number of fused-ring (bicyclic) bond motifs is 1. The second kappa shape index (κ2) is 9.49. The fourth-order valence-corrected chi connectivity index (χ4v) is 4.92. The minimum absolute atomic E-state index is 0.111. The number of aromatic nitrogens is 1. The van der Waals surface area contributed by atoms with Crippen LogP contribution in [-0.2, 0) is 20.9 Å². The van der Waals surface area contributed by atoms with E-state index in [0.717, 1.165) is 23.0 Å². The Labute approximate surface area is 190 Å². The van der Waals surface area contributed by atoms with Crippen LogP contribution in [0.3, 0.4) is 0 Å². The summed E-state index contributed by atoms with van der Waals surface area (Å²) in [5, 5.41) is 1.09. The first-order valence-electron chi connectivity index (χ1n) is 10.0. The van der Waals surface area contributed by atoms with Crippen molar-refractivity contribution < 1.29 is 14.3 Å². The van der Waals surface area contributed by atoms with Gasteiger partial charge < -0.3 is 9.30 Å². The van der Waals surface area contributed by atoms with E-state index in [9.17, 15) is 9.59 Å². The van der Waals surface area contributed by atoms with Crippen LogP contribution in [0.15, 0.2) is 65.7 Å². The summed E-state index contributed by atoms with van der Waals surface area (Å²) in [7, 11) is 1.36. The molecule has 1 aliphatic heterocycles. The van der Waals surface area contributed by atoms with E-state index < -0.39 is 0 Å². The van der Waals surface area contributed by atoms with Crippen LogP contribution >= 0.6 is 24.0 Å². The number of rotatable bonds is 7. The van der Waals surface area contributed by atoms with E-state index in [4.69, 9.17) is 12.2 Å². The number of nitrogens with zero attached hydrogens (tertiary/aromatic N) is 2. The van der Waals surface area contributed by atoms with Gasteiger partial charge >= 0.3 is 5.97 Å². The average Bonchev–Trinajstić information content (AvgIpc) is 3.26. The van der Waals surface area contributed by atoms with E-state index in [-0.39, 0.29) is 18.3 Å². The van der Waals surface area contributed by atoms with E-state index >= 15 is 0 Å². The minimum atomic E-state index is -0.285. The Hall–Kier alpha value is -2.90. The van der Waals surface area contributed by atoms with Gasteiger partial charge in [0.25, 0.3) is 5.91 Å². The lowest BCUT2D eigenvalue weighted by molar-refractivity contribution is -0.141. The highest BCUT2D eigenvalue weighted by Gasteiger charge is 2.32. The van der Waals surface area contributed by atoms with Crippen molar-refractivity contribution in [2.75, 3.05) is 13.7 Å². The number of ether oxygens (including phenoxy) is 1. The van der Waals surface area contributed by atoms with Crippen molar-refractivity contribution in [3.05, 3.63) is 76.8 Å². The third-order valence-electron chi connectivity index (χ3n) is 5.17. The van der Waals surface area contributed by atoms with Crippen molar-refractivity contribution in [3.8, 4) is 0 Å². The van der Waals surface area contributed by atoms with Gasteiger partial charge in [0.2, 0.25) is 0 Å². The molecule has 2 heterocycles. The molecule has 0 spiro atoms. The molecular formula is C24H22N2O3S2. The number of carbonyl (C=O) groups excluding carboxylic acids is 2. The number of amides is 1. The molecule has 31 heavy (non-hydrogen) atoms. The second-order valence-electron chi connectivity index (χ2n) is 7.23. The molecule has 0 N–H and O–H groups in total. The third kappa shape index (κ3) is 4.73. The van der Waals surface area contributed by atoms with Crippen molar-refractivity contribution in [1.29, 1.82) is 0 Å². The third-order valence-corrected chi connectivity index (χ3v) is 6.54. The topological polar surface area (TPSA) is 51.5 Å².